The van der Waals surface area contributed by atoms with Crippen LogP contribution in [0.15, 0.2) is 23.1 Å². The molecule has 0 spiro atoms. The smallest absolute Gasteiger partial charge is 0.240 e. The van der Waals surface area contributed by atoms with Gasteiger partial charge in [0.2, 0.25) is 10.0 Å². The number of phenolic OH excluding ortho intramolecular Hbond substituents is 1. The van der Waals surface area contributed by atoms with Gasteiger partial charge in [-0.05, 0) is 12.1 Å². The molecular formula is C8H12N2O4S. The average molecular weight is 232 g/mol. The molecule has 0 bridgehead atoms. The third kappa shape index (κ3) is 2.82. The Morgan fingerprint density at radius 3 is 2.60 bits per heavy atom. The Bertz CT molecular complexity index is 444. The molecule has 0 amide bonds. The first-order valence-electron chi connectivity index (χ1n) is 4.16. The molecule has 15 heavy (non-hydrogen) atoms. The van der Waals surface area contributed by atoms with Crippen molar-refractivity contribution in [2.24, 2.45) is 0 Å². The Hall–Kier alpha value is -1.31. The topological polar surface area (TPSA) is 113 Å². The number of rotatable bonds is 4. The van der Waals surface area contributed by atoms with Crippen LogP contribution in [-0.4, -0.2) is 31.8 Å². The SMILES string of the molecule is Nc1ccc(S(=O)(=O)NCCO)cc1O. The number of nitrogens with one attached hydrogen (secondary N) is 1. The molecule has 0 saturated heterocycles. The van der Waals surface area contributed by atoms with Crippen molar-refractivity contribution in [3.63, 3.8) is 0 Å². The molecule has 84 valence electrons. The van der Waals surface area contributed by atoms with E-state index in [2.05, 4.69) is 4.72 Å². The normalized spacial score (nSPS) is 11.5. The Labute approximate surface area is 87.4 Å². The predicted molar refractivity (Wildman–Crippen MR) is 54.8 cm³/mol. The van der Waals surface area contributed by atoms with Crippen LogP contribution in [0, 0.1) is 0 Å². The molecule has 6 nitrogen and oxygen atoms in total. The fraction of sp³-hybridized carbons (Fsp3) is 0.250. The number of hydrogen-bond acceptors (Lipinski definition) is 5. The highest BCUT2D eigenvalue weighted by atomic mass is 32.2. The summed E-state index contributed by atoms with van der Waals surface area (Å²) in [4.78, 5) is -0.0948. The van der Waals surface area contributed by atoms with Crippen LogP contribution >= 0.6 is 0 Å². The molecule has 0 unspecified atom stereocenters. The summed E-state index contributed by atoms with van der Waals surface area (Å²) in [5.74, 6) is -0.290. The van der Waals surface area contributed by atoms with E-state index in [1.807, 2.05) is 0 Å². The maximum atomic E-state index is 11.5. The largest absolute Gasteiger partial charge is 0.506 e. The van der Waals surface area contributed by atoms with Crippen molar-refractivity contribution >= 4 is 15.7 Å². The molecule has 0 atom stereocenters. The van der Waals surface area contributed by atoms with Crippen molar-refractivity contribution in [2.45, 2.75) is 4.90 Å². The first-order chi connectivity index (χ1) is 6.97. The second-order valence-corrected chi connectivity index (χ2v) is 4.61. The quantitative estimate of drug-likeness (QED) is 0.403. The monoisotopic (exact) mass is 232 g/mol. The van der Waals surface area contributed by atoms with Crippen molar-refractivity contribution in [2.75, 3.05) is 18.9 Å². The van der Waals surface area contributed by atoms with Crippen molar-refractivity contribution < 1.29 is 18.6 Å². The highest BCUT2D eigenvalue weighted by Crippen LogP contribution is 2.23. The first kappa shape index (κ1) is 11.8. The van der Waals surface area contributed by atoms with E-state index in [1.165, 1.54) is 12.1 Å². The van der Waals surface area contributed by atoms with E-state index in [0.717, 1.165) is 6.07 Å². The zero-order chi connectivity index (χ0) is 11.5. The summed E-state index contributed by atoms with van der Waals surface area (Å²) in [7, 11) is -3.69. The Kier molecular flexibility index (Phi) is 3.51. The lowest BCUT2D eigenvalue weighted by Gasteiger charge is -2.06. The zero-order valence-corrected chi connectivity index (χ0v) is 8.66. The van der Waals surface area contributed by atoms with Crippen LogP contribution in [0.1, 0.15) is 0 Å². The Morgan fingerprint density at radius 1 is 1.40 bits per heavy atom. The molecule has 0 aliphatic carbocycles. The van der Waals surface area contributed by atoms with Gasteiger partial charge in [0.05, 0.1) is 17.2 Å². The van der Waals surface area contributed by atoms with Crippen LogP contribution in [0.4, 0.5) is 5.69 Å². The molecule has 0 aromatic heterocycles. The van der Waals surface area contributed by atoms with Gasteiger partial charge >= 0.3 is 0 Å². The third-order valence-electron chi connectivity index (χ3n) is 1.72. The molecule has 0 heterocycles. The molecule has 1 aromatic carbocycles. The minimum absolute atomic E-state index is 0.0759. The number of hydrogen-bond donors (Lipinski definition) is 4. The number of nitrogen functional groups attached to an aromatic ring is 1. The molecule has 0 aliphatic rings. The number of anilines is 1. The van der Waals surface area contributed by atoms with Gasteiger partial charge in [0, 0.05) is 12.6 Å². The molecule has 0 radical (unpaired) electrons. The van der Waals surface area contributed by atoms with E-state index in [0.29, 0.717) is 0 Å². The van der Waals surface area contributed by atoms with E-state index in [1.54, 1.807) is 0 Å². The lowest BCUT2D eigenvalue weighted by Crippen LogP contribution is -2.26. The number of nitrogens with two attached hydrogens (primary N) is 1. The van der Waals surface area contributed by atoms with E-state index < -0.39 is 10.0 Å². The van der Waals surface area contributed by atoms with Crippen LogP contribution in [0.3, 0.4) is 0 Å². The number of aromatic hydroxyl groups is 1. The van der Waals surface area contributed by atoms with E-state index in [-0.39, 0.29) is 29.5 Å². The van der Waals surface area contributed by atoms with Crippen LogP contribution in [0.25, 0.3) is 0 Å². The first-order valence-corrected chi connectivity index (χ1v) is 5.64. The maximum Gasteiger partial charge on any atom is 0.240 e. The third-order valence-corrected chi connectivity index (χ3v) is 3.17. The van der Waals surface area contributed by atoms with Crippen molar-refractivity contribution in [1.29, 1.82) is 0 Å². The Balaban J connectivity index is 3.00. The minimum Gasteiger partial charge on any atom is -0.506 e. The number of sulfonamides is 1. The fourth-order valence-electron chi connectivity index (χ4n) is 0.954. The summed E-state index contributed by atoms with van der Waals surface area (Å²) < 4.78 is 25.1. The molecule has 0 fully saturated rings. The van der Waals surface area contributed by atoms with Crippen LogP contribution < -0.4 is 10.5 Å². The molecule has 1 rings (SSSR count). The van der Waals surface area contributed by atoms with E-state index in [4.69, 9.17) is 10.8 Å². The minimum atomic E-state index is -3.69. The lowest BCUT2D eigenvalue weighted by atomic mass is 10.3. The van der Waals surface area contributed by atoms with Crippen LogP contribution in [-0.2, 0) is 10.0 Å². The van der Waals surface area contributed by atoms with Gasteiger partial charge in [-0.1, -0.05) is 0 Å². The summed E-state index contributed by atoms with van der Waals surface area (Å²) in [6, 6.07) is 3.62. The van der Waals surface area contributed by atoms with E-state index in [9.17, 15) is 13.5 Å². The fourth-order valence-corrected chi connectivity index (χ4v) is 1.99. The number of benzene rings is 1. The van der Waals surface area contributed by atoms with Crippen molar-refractivity contribution in [3.8, 4) is 5.75 Å². The van der Waals surface area contributed by atoms with Gasteiger partial charge in [-0.25, -0.2) is 13.1 Å². The lowest BCUT2D eigenvalue weighted by molar-refractivity contribution is 0.301. The standard InChI is InChI=1S/C8H12N2O4S/c9-7-2-1-6(5-8(7)12)15(13,14)10-3-4-11/h1-2,5,10-12H,3-4,9H2. The maximum absolute atomic E-state index is 11.5. The molecular weight excluding hydrogens is 220 g/mol. The summed E-state index contributed by atoms with van der Waals surface area (Å²) in [6.07, 6.45) is 0. The second-order valence-electron chi connectivity index (χ2n) is 2.84. The summed E-state index contributed by atoms with van der Waals surface area (Å²) in [6.45, 7) is -0.367. The van der Waals surface area contributed by atoms with Crippen LogP contribution in [0.5, 0.6) is 5.75 Å². The predicted octanol–water partition coefficient (Wildman–Crippen LogP) is -0.755. The summed E-state index contributed by atoms with van der Waals surface area (Å²) in [5, 5.41) is 17.7. The highest BCUT2D eigenvalue weighted by molar-refractivity contribution is 7.89. The van der Waals surface area contributed by atoms with Gasteiger partial charge in [0.25, 0.3) is 0 Å². The molecule has 1 aromatic rings. The van der Waals surface area contributed by atoms with Crippen LogP contribution in [0.2, 0.25) is 0 Å². The van der Waals surface area contributed by atoms with Gasteiger partial charge < -0.3 is 15.9 Å². The molecule has 7 heteroatoms. The number of aliphatic hydroxyl groups is 1. The number of aliphatic hydroxyl groups excluding tert-OH is 1. The molecule has 5 N–H and O–H groups in total. The highest BCUT2D eigenvalue weighted by Gasteiger charge is 2.14. The van der Waals surface area contributed by atoms with Gasteiger partial charge in [0.15, 0.2) is 0 Å². The van der Waals surface area contributed by atoms with E-state index >= 15 is 0 Å². The van der Waals surface area contributed by atoms with Gasteiger partial charge in [-0.15, -0.1) is 0 Å². The summed E-state index contributed by atoms with van der Waals surface area (Å²) >= 11 is 0. The molecule has 0 saturated carbocycles. The van der Waals surface area contributed by atoms with Crippen molar-refractivity contribution in [3.05, 3.63) is 18.2 Å². The second kappa shape index (κ2) is 4.47. The average Bonchev–Trinajstić information content (AvgIpc) is 2.19. The molecule has 0 aliphatic heterocycles. The number of phenols is 1. The zero-order valence-electron chi connectivity index (χ0n) is 7.84. The Morgan fingerprint density at radius 2 is 2.07 bits per heavy atom. The van der Waals surface area contributed by atoms with Crippen molar-refractivity contribution in [1.82, 2.24) is 4.72 Å². The van der Waals surface area contributed by atoms with Gasteiger partial charge in [-0.3, -0.25) is 0 Å². The summed E-state index contributed by atoms with van der Waals surface area (Å²) in [5.41, 5.74) is 5.43. The van der Waals surface area contributed by atoms with Gasteiger partial charge in [0.1, 0.15) is 5.75 Å². The van der Waals surface area contributed by atoms with Gasteiger partial charge in [-0.2, -0.15) is 0 Å².